The highest BCUT2D eigenvalue weighted by Gasteiger charge is 2.78. The van der Waals surface area contributed by atoms with Crippen molar-refractivity contribution in [3.8, 4) is 0 Å². The van der Waals surface area contributed by atoms with Crippen LogP contribution < -0.4 is 0 Å². The van der Waals surface area contributed by atoms with Gasteiger partial charge < -0.3 is 19.7 Å². The van der Waals surface area contributed by atoms with E-state index in [1.807, 2.05) is 0 Å². The van der Waals surface area contributed by atoms with Crippen molar-refractivity contribution in [2.75, 3.05) is 0 Å². The van der Waals surface area contributed by atoms with Gasteiger partial charge in [-0.3, -0.25) is 4.79 Å². The van der Waals surface area contributed by atoms with Crippen molar-refractivity contribution in [3.63, 3.8) is 0 Å². The Balaban J connectivity index is 1.34. The van der Waals surface area contributed by atoms with Crippen LogP contribution in [0.5, 0.6) is 0 Å². The zero-order valence-electron chi connectivity index (χ0n) is 21.8. The molecule has 2 N–H and O–H groups in total. The molecular formula is C30H38O6. The quantitative estimate of drug-likeness (QED) is 0.300. The Morgan fingerprint density at radius 1 is 1.03 bits per heavy atom. The Morgan fingerprint density at radius 3 is 2.53 bits per heavy atom. The van der Waals surface area contributed by atoms with E-state index in [4.69, 9.17) is 9.47 Å². The fraction of sp³-hybridized carbons (Fsp3) is 0.733. The number of rotatable bonds is 0. The first kappa shape index (κ1) is 23.2. The van der Waals surface area contributed by atoms with Gasteiger partial charge in [0.15, 0.2) is 0 Å². The van der Waals surface area contributed by atoms with Crippen LogP contribution in [0.4, 0.5) is 0 Å². The second kappa shape index (κ2) is 6.93. The first-order valence-corrected chi connectivity index (χ1v) is 13.8. The molecule has 2 heterocycles. The van der Waals surface area contributed by atoms with E-state index in [1.54, 1.807) is 0 Å². The molecule has 6 heteroatoms. The number of carbonyl (C=O) groups is 2. The van der Waals surface area contributed by atoms with Crippen molar-refractivity contribution in [1.82, 2.24) is 0 Å². The number of fused-ring (bicyclic) bond motifs is 6. The third-order valence-electron chi connectivity index (χ3n) is 12.3. The summed E-state index contributed by atoms with van der Waals surface area (Å²) in [5.74, 6) is -0.696. The van der Waals surface area contributed by atoms with Crippen LogP contribution in [0.2, 0.25) is 0 Å². The second-order valence-electron chi connectivity index (χ2n) is 13.4. The first-order chi connectivity index (χ1) is 17.0. The summed E-state index contributed by atoms with van der Waals surface area (Å²) >= 11 is 0. The molecule has 6 nitrogen and oxygen atoms in total. The molecule has 3 saturated carbocycles. The summed E-state index contributed by atoms with van der Waals surface area (Å²) in [7, 11) is 0. The largest absolute Gasteiger partial charge is 0.462 e. The van der Waals surface area contributed by atoms with Gasteiger partial charge in [0.25, 0.3) is 0 Å². The molecule has 0 amide bonds. The number of esters is 2. The van der Waals surface area contributed by atoms with E-state index >= 15 is 0 Å². The molecule has 7 aliphatic rings. The van der Waals surface area contributed by atoms with Crippen LogP contribution in [0.1, 0.15) is 72.6 Å². The lowest BCUT2D eigenvalue weighted by molar-refractivity contribution is -0.151. The lowest BCUT2D eigenvalue weighted by atomic mass is 9.52. The predicted octanol–water partition coefficient (Wildman–Crippen LogP) is 4.01. The average molecular weight is 495 g/mol. The molecule has 0 aromatic rings. The van der Waals surface area contributed by atoms with E-state index in [0.717, 1.165) is 24.8 Å². The topological polar surface area (TPSA) is 93.1 Å². The first-order valence-electron chi connectivity index (χ1n) is 13.8. The maximum atomic E-state index is 14.0. The van der Waals surface area contributed by atoms with Crippen molar-refractivity contribution in [2.45, 2.75) is 97.1 Å². The van der Waals surface area contributed by atoms with E-state index in [-0.39, 0.29) is 53.2 Å². The van der Waals surface area contributed by atoms with Crippen LogP contribution >= 0.6 is 0 Å². The Morgan fingerprint density at radius 2 is 1.78 bits per heavy atom. The highest BCUT2D eigenvalue weighted by Crippen LogP contribution is 2.76. The number of hydrogen-bond donors (Lipinski definition) is 2. The van der Waals surface area contributed by atoms with E-state index < -0.39 is 23.0 Å². The fourth-order valence-corrected chi connectivity index (χ4v) is 10.5. The molecule has 0 unspecified atom stereocenters. The van der Waals surface area contributed by atoms with Gasteiger partial charge in [0, 0.05) is 34.2 Å². The number of hydrogen-bond acceptors (Lipinski definition) is 6. The second-order valence-corrected chi connectivity index (χ2v) is 13.4. The van der Waals surface area contributed by atoms with Gasteiger partial charge in [-0.05, 0) is 64.7 Å². The Kier molecular flexibility index (Phi) is 4.47. The Labute approximate surface area is 212 Å². The van der Waals surface area contributed by atoms with Crippen LogP contribution in [0, 0.1) is 39.9 Å². The Bertz CT molecular complexity index is 1180. The SMILES string of the molecule is C=C1C(=O)O[C@@H]2C[C@@H](C)[C@]34C[C@]5(C(=O)O[C@H]6C[C@@]7(C)C(=C(C)CC[C@@H]7O)C[C@H]65)[C@H](C(C)=C3C[C@@H]12)[C@H]4O. The fourth-order valence-electron chi connectivity index (χ4n) is 10.5. The van der Waals surface area contributed by atoms with Gasteiger partial charge in [0.05, 0.1) is 17.6 Å². The van der Waals surface area contributed by atoms with Gasteiger partial charge in [-0.2, -0.15) is 0 Å². The lowest BCUT2D eigenvalue weighted by Crippen LogP contribution is -2.50. The van der Waals surface area contributed by atoms with Crippen molar-refractivity contribution in [2.24, 2.45) is 39.9 Å². The van der Waals surface area contributed by atoms with Crippen molar-refractivity contribution in [1.29, 1.82) is 0 Å². The summed E-state index contributed by atoms with van der Waals surface area (Å²) in [6.45, 7) is 12.6. The van der Waals surface area contributed by atoms with E-state index in [0.29, 0.717) is 31.3 Å². The van der Waals surface area contributed by atoms with Crippen molar-refractivity contribution in [3.05, 3.63) is 34.4 Å². The molecule has 7 rings (SSSR count). The average Bonchev–Trinajstić information content (AvgIpc) is 3.38. The summed E-state index contributed by atoms with van der Waals surface area (Å²) in [5, 5.41) is 23.0. The molecule has 36 heavy (non-hydrogen) atoms. The van der Waals surface area contributed by atoms with Crippen molar-refractivity contribution >= 4 is 11.9 Å². The van der Waals surface area contributed by atoms with Gasteiger partial charge in [-0.15, -0.1) is 0 Å². The number of aliphatic hydroxyl groups is 2. The normalized spacial score (nSPS) is 53.2. The summed E-state index contributed by atoms with van der Waals surface area (Å²) in [6, 6.07) is 0. The van der Waals surface area contributed by atoms with Gasteiger partial charge in [-0.25, -0.2) is 4.79 Å². The third-order valence-corrected chi connectivity index (χ3v) is 12.3. The van der Waals surface area contributed by atoms with Crippen LogP contribution in [0.15, 0.2) is 34.4 Å². The third kappa shape index (κ3) is 2.38. The molecule has 0 aromatic heterocycles. The van der Waals surface area contributed by atoms with Gasteiger partial charge in [0.1, 0.15) is 12.2 Å². The molecule has 0 aromatic carbocycles. The van der Waals surface area contributed by atoms with Crippen molar-refractivity contribution < 1.29 is 29.3 Å². The molecule has 0 radical (unpaired) electrons. The van der Waals surface area contributed by atoms with Crippen LogP contribution in [0.3, 0.4) is 0 Å². The maximum absolute atomic E-state index is 14.0. The molecule has 5 fully saturated rings. The minimum atomic E-state index is -0.740. The molecule has 5 aliphatic carbocycles. The molecule has 2 aliphatic heterocycles. The number of ether oxygens (including phenoxy) is 2. The molecule has 194 valence electrons. The predicted molar refractivity (Wildman–Crippen MR) is 131 cm³/mol. The smallest absolute Gasteiger partial charge is 0.334 e. The van der Waals surface area contributed by atoms with Gasteiger partial charge in [0.2, 0.25) is 0 Å². The minimum absolute atomic E-state index is 0.00611. The van der Waals surface area contributed by atoms with Gasteiger partial charge in [-0.1, -0.05) is 42.7 Å². The van der Waals surface area contributed by atoms with Crippen LogP contribution in [-0.2, 0) is 19.1 Å². The van der Waals surface area contributed by atoms with Crippen LogP contribution in [0.25, 0.3) is 0 Å². The number of allylic oxidation sites excluding steroid dienone is 1. The minimum Gasteiger partial charge on any atom is -0.462 e. The maximum Gasteiger partial charge on any atom is 0.334 e. The molecular weight excluding hydrogens is 456 g/mol. The highest BCUT2D eigenvalue weighted by molar-refractivity contribution is 5.91. The number of aliphatic hydroxyl groups excluding tert-OH is 2. The van der Waals surface area contributed by atoms with E-state index in [2.05, 4.69) is 34.3 Å². The molecule has 11 atom stereocenters. The summed E-state index contributed by atoms with van der Waals surface area (Å²) in [5.41, 5.74) is 3.95. The summed E-state index contributed by atoms with van der Waals surface area (Å²) in [6.07, 6.45) is 3.51. The monoisotopic (exact) mass is 494 g/mol. The number of carbonyl (C=O) groups excluding carboxylic acids is 2. The van der Waals surface area contributed by atoms with E-state index in [1.165, 1.54) is 16.7 Å². The lowest BCUT2D eigenvalue weighted by Gasteiger charge is -2.50. The summed E-state index contributed by atoms with van der Waals surface area (Å²) < 4.78 is 11.9. The summed E-state index contributed by atoms with van der Waals surface area (Å²) in [4.78, 5) is 26.2. The Hall–Kier alpha value is -1.92. The van der Waals surface area contributed by atoms with Crippen LogP contribution in [-0.4, -0.2) is 46.6 Å². The zero-order chi connectivity index (χ0) is 25.5. The molecule has 2 bridgehead atoms. The van der Waals surface area contributed by atoms with E-state index in [9.17, 15) is 19.8 Å². The molecule has 2 spiro atoms. The van der Waals surface area contributed by atoms with Gasteiger partial charge >= 0.3 is 11.9 Å². The molecule has 2 saturated heterocycles. The highest BCUT2D eigenvalue weighted by atomic mass is 16.6. The zero-order valence-corrected chi connectivity index (χ0v) is 21.8. The standard InChI is InChI=1S/C30H38O6/c1-13-6-7-23(31)28(5)11-22-20(10-18(13)28)30(27(34)36-22)12-29-14(2)8-21-17(15(3)26(33)35-21)9-19(29)16(4)24(30)25(29)32/h14,17,20-25,31-32H,3,6-12H2,1-2,4-5H3/t14-,17+,20-,21-,22+,23+,24-,25-,28+,29-,30-/m1/s1.